The first kappa shape index (κ1) is 26.5. The summed E-state index contributed by atoms with van der Waals surface area (Å²) in [6.07, 6.45) is 5.79. The summed E-state index contributed by atoms with van der Waals surface area (Å²) in [5, 5.41) is 11.6. The van der Waals surface area contributed by atoms with Crippen LogP contribution in [0.1, 0.15) is 39.4 Å². The number of hydrogen-bond acceptors (Lipinski definition) is 7. The largest absolute Gasteiger partial charge is 0.468 e. The Morgan fingerprint density at radius 2 is 1.82 bits per heavy atom. The Kier molecular flexibility index (Phi) is 8.45. The van der Waals surface area contributed by atoms with Crippen LogP contribution in [0.25, 0.3) is 0 Å². The molecule has 8 heteroatoms. The Labute approximate surface area is 221 Å². The smallest absolute Gasteiger partial charge is 0.327 e. The molecule has 2 aromatic heterocycles. The summed E-state index contributed by atoms with van der Waals surface area (Å²) in [5.41, 5.74) is 12.1. The summed E-state index contributed by atoms with van der Waals surface area (Å²) in [7, 11) is 1.34. The maximum absolute atomic E-state index is 12.6. The number of carbonyl (C=O) groups excluding carboxylic acids is 1. The lowest BCUT2D eigenvalue weighted by Crippen LogP contribution is -2.34. The van der Waals surface area contributed by atoms with Crippen molar-refractivity contribution in [3.05, 3.63) is 129 Å². The van der Waals surface area contributed by atoms with E-state index in [9.17, 15) is 9.59 Å². The van der Waals surface area contributed by atoms with Crippen molar-refractivity contribution < 1.29 is 9.53 Å². The summed E-state index contributed by atoms with van der Waals surface area (Å²) in [4.78, 5) is 29.0. The second-order valence-electron chi connectivity index (χ2n) is 9.19. The molecular formula is C30H31N5O3. The standard InChI is InChI=1S/C30H31N5O3/c1-20-6-11-26(31)25(13-20)27(32)18-34-29(30(37)38-2)24-15-23(16-33-17-24)14-21-7-9-22(10-8-21)19-35-12-4-3-5-28(35)36/h3-13,15-17,29,32,34H,14,18-19,31H2,1-2H3. The molecule has 0 amide bonds. The minimum Gasteiger partial charge on any atom is -0.468 e. The van der Waals surface area contributed by atoms with Crippen molar-refractivity contribution in [1.29, 1.82) is 5.41 Å². The number of pyridine rings is 2. The monoisotopic (exact) mass is 509 g/mol. The molecule has 38 heavy (non-hydrogen) atoms. The highest BCUT2D eigenvalue weighted by Gasteiger charge is 2.22. The number of benzene rings is 2. The highest BCUT2D eigenvalue weighted by atomic mass is 16.5. The number of aromatic nitrogens is 2. The summed E-state index contributed by atoms with van der Waals surface area (Å²) >= 11 is 0. The molecule has 8 nitrogen and oxygen atoms in total. The second kappa shape index (κ2) is 12.1. The SMILES string of the molecule is COC(=O)C(NCC(=N)c1cc(C)ccc1N)c1cncc(Cc2ccc(Cn3ccccc3=O)cc2)c1. The lowest BCUT2D eigenvalue weighted by molar-refractivity contribution is -0.143. The van der Waals surface area contributed by atoms with Crippen molar-refractivity contribution in [1.82, 2.24) is 14.9 Å². The number of hydrogen-bond donors (Lipinski definition) is 3. The normalized spacial score (nSPS) is 11.6. The molecule has 0 aliphatic carbocycles. The van der Waals surface area contributed by atoms with Gasteiger partial charge in [-0.25, -0.2) is 4.79 Å². The van der Waals surface area contributed by atoms with Crippen molar-refractivity contribution in [2.75, 3.05) is 19.4 Å². The summed E-state index contributed by atoms with van der Waals surface area (Å²) < 4.78 is 6.69. The van der Waals surface area contributed by atoms with Gasteiger partial charge in [0.25, 0.3) is 5.56 Å². The quantitative estimate of drug-likeness (QED) is 0.170. The molecule has 2 heterocycles. The highest BCUT2D eigenvalue weighted by Crippen LogP contribution is 2.19. The number of carbonyl (C=O) groups is 1. The first-order chi connectivity index (χ1) is 18.3. The lowest BCUT2D eigenvalue weighted by atomic mass is 10.0. The van der Waals surface area contributed by atoms with E-state index in [0.717, 1.165) is 22.3 Å². The van der Waals surface area contributed by atoms with Crippen molar-refractivity contribution in [2.45, 2.75) is 25.9 Å². The van der Waals surface area contributed by atoms with Gasteiger partial charge in [-0.05, 0) is 53.8 Å². The van der Waals surface area contributed by atoms with Crippen LogP contribution in [0.5, 0.6) is 0 Å². The van der Waals surface area contributed by atoms with E-state index in [1.54, 1.807) is 41.4 Å². The van der Waals surface area contributed by atoms with Crippen molar-refractivity contribution in [3.63, 3.8) is 0 Å². The van der Waals surface area contributed by atoms with Gasteiger partial charge in [0, 0.05) is 42.5 Å². The van der Waals surface area contributed by atoms with Gasteiger partial charge in [-0.1, -0.05) is 48.0 Å². The summed E-state index contributed by atoms with van der Waals surface area (Å²) in [6.45, 7) is 2.58. The fraction of sp³-hybridized carbons (Fsp3) is 0.200. The average Bonchev–Trinajstić information content (AvgIpc) is 2.92. The van der Waals surface area contributed by atoms with E-state index in [1.807, 2.05) is 55.5 Å². The molecule has 4 N–H and O–H groups in total. The maximum atomic E-state index is 12.6. The van der Waals surface area contributed by atoms with Crippen LogP contribution in [0.4, 0.5) is 5.69 Å². The molecule has 1 unspecified atom stereocenters. The highest BCUT2D eigenvalue weighted by molar-refractivity contribution is 6.04. The van der Waals surface area contributed by atoms with Crippen LogP contribution in [-0.2, 0) is 22.5 Å². The van der Waals surface area contributed by atoms with E-state index in [2.05, 4.69) is 10.3 Å². The number of aryl methyl sites for hydroxylation is 1. The maximum Gasteiger partial charge on any atom is 0.327 e. The number of nitrogens with zero attached hydrogens (tertiary/aromatic N) is 2. The third kappa shape index (κ3) is 6.60. The van der Waals surface area contributed by atoms with Gasteiger partial charge in [0.1, 0.15) is 6.04 Å². The number of nitrogen functional groups attached to an aromatic ring is 1. The van der Waals surface area contributed by atoms with Gasteiger partial charge in [-0.15, -0.1) is 0 Å². The van der Waals surface area contributed by atoms with Gasteiger partial charge in [0.2, 0.25) is 0 Å². The van der Waals surface area contributed by atoms with Crippen molar-refractivity contribution in [2.24, 2.45) is 0 Å². The van der Waals surface area contributed by atoms with E-state index in [4.69, 9.17) is 15.9 Å². The molecule has 0 aliphatic rings. The lowest BCUT2D eigenvalue weighted by Gasteiger charge is -2.18. The van der Waals surface area contributed by atoms with Crippen LogP contribution < -0.4 is 16.6 Å². The zero-order valence-electron chi connectivity index (χ0n) is 21.5. The van der Waals surface area contributed by atoms with Crippen LogP contribution >= 0.6 is 0 Å². The number of rotatable bonds is 10. The Morgan fingerprint density at radius 1 is 1.05 bits per heavy atom. The molecule has 0 radical (unpaired) electrons. The zero-order chi connectivity index (χ0) is 27.1. The van der Waals surface area contributed by atoms with Gasteiger partial charge in [-0.3, -0.25) is 15.1 Å². The number of ether oxygens (including phenoxy) is 1. The van der Waals surface area contributed by atoms with Gasteiger partial charge < -0.3 is 20.4 Å². The molecule has 194 valence electrons. The van der Waals surface area contributed by atoms with E-state index in [1.165, 1.54) is 7.11 Å². The molecule has 0 fully saturated rings. The Hall–Kier alpha value is -4.56. The first-order valence-corrected chi connectivity index (χ1v) is 12.3. The predicted octanol–water partition coefficient (Wildman–Crippen LogP) is 3.64. The van der Waals surface area contributed by atoms with Gasteiger partial charge >= 0.3 is 5.97 Å². The number of methoxy groups -OCH3 is 1. The number of esters is 1. The molecular weight excluding hydrogens is 478 g/mol. The fourth-order valence-electron chi connectivity index (χ4n) is 4.23. The topological polar surface area (TPSA) is 123 Å². The third-order valence-corrected chi connectivity index (χ3v) is 6.29. The molecule has 4 rings (SSSR count). The van der Waals surface area contributed by atoms with Gasteiger partial charge in [0.15, 0.2) is 0 Å². The zero-order valence-corrected chi connectivity index (χ0v) is 21.5. The van der Waals surface area contributed by atoms with Crippen LogP contribution in [0.2, 0.25) is 0 Å². The third-order valence-electron chi connectivity index (χ3n) is 6.29. The first-order valence-electron chi connectivity index (χ1n) is 12.3. The number of anilines is 1. The van der Waals surface area contributed by atoms with Crippen LogP contribution in [0, 0.1) is 12.3 Å². The van der Waals surface area contributed by atoms with Crippen LogP contribution in [0.3, 0.4) is 0 Å². The molecule has 0 spiro atoms. The molecule has 4 aromatic rings. The van der Waals surface area contributed by atoms with Gasteiger partial charge in [0.05, 0.1) is 19.4 Å². The Balaban J connectivity index is 1.46. The van der Waals surface area contributed by atoms with E-state index in [-0.39, 0.29) is 17.8 Å². The number of nitrogens with two attached hydrogens (primary N) is 1. The van der Waals surface area contributed by atoms with E-state index in [0.29, 0.717) is 29.8 Å². The predicted molar refractivity (Wildman–Crippen MR) is 148 cm³/mol. The summed E-state index contributed by atoms with van der Waals surface area (Å²) in [6, 6.07) is 19.9. The number of nitrogens with one attached hydrogen (secondary N) is 2. The fourth-order valence-corrected chi connectivity index (χ4v) is 4.23. The molecule has 0 aliphatic heterocycles. The minimum atomic E-state index is -0.787. The van der Waals surface area contributed by atoms with Crippen LogP contribution in [0.15, 0.2) is 90.1 Å². The minimum absolute atomic E-state index is 0.0364. The van der Waals surface area contributed by atoms with E-state index >= 15 is 0 Å². The molecule has 0 saturated heterocycles. The summed E-state index contributed by atoms with van der Waals surface area (Å²) in [5.74, 6) is -0.463. The van der Waals surface area contributed by atoms with Crippen LogP contribution in [-0.4, -0.2) is 34.9 Å². The Morgan fingerprint density at radius 3 is 2.55 bits per heavy atom. The second-order valence-corrected chi connectivity index (χ2v) is 9.19. The Bertz CT molecular complexity index is 1490. The molecule has 0 bridgehead atoms. The van der Waals surface area contributed by atoms with Crippen molar-refractivity contribution in [3.8, 4) is 0 Å². The average molecular weight is 510 g/mol. The van der Waals surface area contributed by atoms with E-state index < -0.39 is 12.0 Å². The molecule has 2 aromatic carbocycles. The molecule has 0 saturated carbocycles. The van der Waals surface area contributed by atoms with Gasteiger partial charge in [-0.2, -0.15) is 0 Å². The molecule has 1 atom stereocenters. The van der Waals surface area contributed by atoms with Crippen molar-refractivity contribution >= 4 is 17.4 Å².